The van der Waals surface area contributed by atoms with Crippen molar-refractivity contribution in [3.05, 3.63) is 0 Å². The number of nitrogens with one attached hydrogen (secondary N) is 2. The van der Waals surface area contributed by atoms with E-state index < -0.39 is 0 Å². The van der Waals surface area contributed by atoms with Crippen molar-refractivity contribution < 1.29 is 4.84 Å². The average Bonchev–Trinajstić information content (AvgIpc) is 1.84. The van der Waals surface area contributed by atoms with Crippen LogP contribution in [0.1, 0.15) is 19.3 Å². The first-order valence-corrected chi connectivity index (χ1v) is 3.95. The predicted octanol–water partition coefficient (Wildman–Crippen LogP) is 0.279. The van der Waals surface area contributed by atoms with E-state index in [9.17, 15) is 0 Å². The maximum absolute atomic E-state index is 4.94. The van der Waals surface area contributed by atoms with Gasteiger partial charge in [0.15, 0.2) is 0 Å². The minimum absolute atomic E-state index is 0.757. The molecule has 1 saturated carbocycles. The Balaban J connectivity index is 1.76. The molecule has 1 fully saturated rings. The summed E-state index contributed by atoms with van der Waals surface area (Å²) in [4.78, 5) is 4.94. The number of hydrogen-bond acceptors (Lipinski definition) is 3. The Hall–Kier alpha value is -0.120. The first-order valence-electron chi connectivity index (χ1n) is 3.95. The monoisotopic (exact) mass is 144 g/mol. The molecule has 0 aliphatic heterocycles. The van der Waals surface area contributed by atoms with E-state index in [2.05, 4.69) is 10.8 Å². The summed E-state index contributed by atoms with van der Waals surface area (Å²) in [6.07, 6.45) is 4.09. The van der Waals surface area contributed by atoms with Crippen LogP contribution in [0.2, 0.25) is 0 Å². The van der Waals surface area contributed by atoms with Gasteiger partial charge in [-0.15, -0.1) is 0 Å². The van der Waals surface area contributed by atoms with E-state index in [-0.39, 0.29) is 0 Å². The van der Waals surface area contributed by atoms with Crippen molar-refractivity contribution in [1.82, 2.24) is 10.8 Å². The molecule has 1 aliphatic carbocycles. The molecule has 0 heterocycles. The van der Waals surface area contributed by atoms with E-state index in [0.717, 1.165) is 19.2 Å². The Kier molecular flexibility index (Phi) is 3.72. The van der Waals surface area contributed by atoms with E-state index in [1.54, 1.807) is 7.05 Å². The molecule has 2 N–H and O–H groups in total. The van der Waals surface area contributed by atoms with E-state index in [1.165, 1.54) is 19.3 Å². The first kappa shape index (κ1) is 7.98. The average molecular weight is 144 g/mol. The quantitative estimate of drug-likeness (QED) is 0.429. The summed E-state index contributed by atoms with van der Waals surface area (Å²) in [6.45, 7) is 1.72. The Morgan fingerprint density at radius 2 is 2.30 bits per heavy atom. The van der Waals surface area contributed by atoms with Crippen molar-refractivity contribution in [1.29, 1.82) is 0 Å². The second kappa shape index (κ2) is 4.66. The normalized spacial score (nSPS) is 18.9. The lowest BCUT2D eigenvalue weighted by Crippen LogP contribution is -2.37. The van der Waals surface area contributed by atoms with Gasteiger partial charge in [-0.3, -0.25) is 0 Å². The van der Waals surface area contributed by atoms with Crippen LogP contribution in [-0.4, -0.2) is 26.2 Å². The van der Waals surface area contributed by atoms with Crippen LogP contribution in [0.15, 0.2) is 0 Å². The van der Waals surface area contributed by atoms with E-state index in [1.807, 2.05) is 0 Å². The maximum Gasteiger partial charge on any atom is 0.0806 e. The van der Waals surface area contributed by atoms with Crippen molar-refractivity contribution in [3.8, 4) is 0 Å². The largest absolute Gasteiger partial charge is 0.312 e. The van der Waals surface area contributed by atoms with Crippen LogP contribution in [0.5, 0.6) is 0 Å². The second-order valence-corrected chi connectivity index (χ2v) is 2.63. The lowest BCUT2D eigenvalue weighted by atomic mass is 9.93. The lowest BCUT2D eigenvalue weighted by Gasteiger charge is -2.26. The van der Waals surface area contributed by atoms with Crippen LogP contribution in [0.3, 0.4) is 0 Å². The highest BCUT2D eigenvalue weighted by molar-refractivity contribution is 4.75. The minimum Gasteiger partial charge on any atom is -0.312 e. The summed E-state index contributed by atoms with van der Waals surface area (Å²) in [7, 11) is 1.78. The van der Waals surface area contributed by atoms with E-state index in [0.29, 0.717) is 0 Å². The molecule has 1 rings (SSSR count). The molecule has 1 aliphatic rings. The molecular weight excluding hydrogens is 128 g/mol. The Morgan fingerprint density at radius 1 is 1.50 bits per heavy atom. The number of rotatable bonds is 5. The Bertz CT molecular complexity index is 83.7. The van der Waals surface area contributed by atoms with Gasteiger partial charge >= 0.3 is 0 Å². The second-order valence-electron chi connectivity index (χ2n) is 2.63. The van der Waals surface area contributed by atoms with Gasteiger partial charge < -0.3 is 10.2 Å². The number of hydroxylamine groups is 1. The Labute approximate surface area is 62.1 Å². The summed E-state index contributed by atoms with van der Waals surface area (Å²) in [5.74, 6) is 0. The minimum atomic E-state index is 0.757. The molecule has 0 aromatic heterocycles. The van der Waals surface area contributed by atoms with Crippen LogP contribution in [-0.2, 0) is 4.84 Å². The van der Waals surface area contributed by atoms with Crippen molar-refractivity contribution >= 4 is 0 Å². The highest BCUT2D eigenvalue weighted by Gasteiger charge is 2.15. The van der Waals surface area contributed by atoms with E-state index >= 15 is 0 Å². The molecule has 0 saturated heterocycles. The van der Waals surface area contributed by atoms with Crippen LogP contribution >= 0.6 is 0 Å². The van der Waals surface area contributed by atoms with Gasteiger partial charge in [0, 0.05) is 19.6 Å². The Morgan fingerprint density at radius 3 is 2.80 bits per heavy atom. The molecule has 10 heavy (non-hydrogen) atoms. The van der Waals surface area contributed by atoms with Gasteiger partial charge in [-0.2, -0.15) is 0 Å². The zero-order chi connectivity index (χ0) is 7.23. The van der Waals surface area contributed by atoms with Crippen LogP contribution in [0.4, 0.5) is 0 Å². The zero-order valence-electron chi connectivity index (χ0n) is 6.52. The fourth-order valence-corrected chi connectivity index (χ4v) is 1.03. The smallest absolute Gasteiger partial charge is 0.0806 e. The van der Waals surface area contributed by atoms with Gasteiger partial charge in [-0.05, 0) is 12.8 Å². The summed E-state index contributed by atoms with van der Waals surface area (Å²) >= 11 is 0. The summed E-state index contributed by atoms with van der Waals surface area (Å²) in [6, 6.07) is 0.778. The van der Waals surface area contributed by atoms with E-state index in [4.69, 9.17) is 4.84 Å². The summed E-state index contributed by atoms with van der Waals surface area (Å²) < 4.78 is 0. The predicted molar refractivity (Wildman–Crippen MR) is 40.7 cm³/mol. The molecule has 0 atom stereocenters. The fourth-order valence-electron chi connectivity index (χ4n) is 1.03. The molecule has 60 valence electrons. The van der Waals surface area contributed by atoms with Crippen LogP contribution < -0.4 is 10.8 Å². The van der Waals surface area contributed by atoms with Gasteiger partial charge in [0.05, 0.1) is 6.61 Å². The molecule has 0 aromatic rings. The van der Waals surface area contributed by atoms with Crippen molar-refractivity contribution in [2.24, 2.45) is 0 Å². The third-order valence-electron chi connectivity index (χ3n) is 1.89. The van der Waals surface area contributed by atoms with Gasteiger partial charge in [-0.25, -0.2) is 5.48 Å². The van der Waals surface area contributed by atoms with Crippen molar-refractivity contribution in [2.75, 3.05) is 20.2 Å². The molecule has 3 heteroatoms. The highest BCUT2D eigenvalue weighted by atomic mass is 16.6. The standard InChI is InChI=1S/C7H16N2O/c1-8-10-6-5-9-7-3-2-4-7/h7-9H,2-6H2,1H3. The van der Waals surface area contributed by atoms with Crippen LogP contribution in [0, 0.1) is 0 Å². The van der Waals surface area contributed by atoms with Gasteiger partial charge in [0.25, 0.3) is 0 Å². The molecule has 3 nitrogen and oxygen atoms in total. The van der Waals surface area contributed by atoms with Gasteiger partial charge in [0.1, 0.15) is 0 Å². The molecule has 0 amide bonds. The SMILES string of the molecule is CNOCCNC1CCC1. The molecule has 0 radical (unpaired) electrons. The summed E-state index contributed by atoms with van der Waals surface area (Å²) in [5.41, 5.74) is 2.64. The summed E-state index contributed by atoms with van der Waals surface area (Å²) in [5, 5.41) is 3.39. The fraction of sp³-hybridized carbons (Fsp3) is 1.00. The number of hydrogen-bond donors (Lipinski definition) is 2. The third kappa shape index (κ3) is 2.64. The maximum atomic E-state index is 4.94. The van der Waals surface area contributed by atoms with Crippen molar-refractivity contribution in [2.45, 2.75) is 25.3 Å². The van der Waals surface area contributed by atoms with Crippen molar-refractivity contribution in [3.63, 3.8) is 0 Å². The topological polar surface area (TPSA) is 33.3 Å². The first-order chi connectivity index (χ1) is 4.93. The molecule has 0 aromatic carbocycles. The third-order valence-corrected chi connectivity index (χ3v) is 1.89. The highest BCUT2D eigenvalue weighted by Crippen LogP contribution is 2.17. The molecular formula is C7H16N2O. The van der Waals surface area contributed by atoms with Gasteiger partial charge in [-0.1, -0.05) is 6.42 Å². The molecule has 0 bridgehead atoms. The molecule has 0 spiro atoms. The van der Waals surface area contributed by atoms with Gasteiger partial charge in [0.2, 0.25) is 0 Å². The zero-order valence-corrected chi connectivity index (χ0v) is 6.52. The van der Waals surface area contributed by atoms with Crippen LogP contribution in [0.25, 0.3) is 0 Å². The molecule has 0 unspecified atom stereocenters. The lowest BCUT2D eigenvalue weighted by molar-refractivity contribution is 0.0572.